The predicted octanol–water partition coefficient (Wildman–Crippen LogP) is 3.74. The van der Waals surface area contributed by atoms with Crippen molar-refractivity contribution in [1.82, 2.24) is 10.2 Å². The molecule has 0 radical (unpaired) electrons. The summed E-state index contributed by atoms with van der Waals surface area (Å²) < 4.78 is 13.2. The highest BCUT2D eigenvalue weighted by molar-refractivity contribution is 5.21. The maximum Gasteiger partial charge on any atom is 0.123 e. The molecule has 21 heavy (non-hydrogen) atoms. The molecule has 2 saturated heterocycles. The quantitative estimate of drug-likeness (QED) is 0.909. The maximum atomic E-state index is 13.2. The van der Waals surface area contributed by atoms with Crippen molar-refractivity contribution in [2.75, 3.05) is 13.1 Å². The van der Waals surface area contributed by atoms with Crippen molar-refractivity contribution in [3.63, 3.8) is 0 Å². The van der Waals surface area contributed by atoms with E-state index in [-0.39, 0.29) is 5.82 Å². The third-order valence-electron chi connectivity index (χ3n) is 5.15. The molecule has 2 aliphatic heterocycles. The van der Waals surface area contributed by atoms with Crippen LogP contribution < -0.4 is 5.32 Å². The van der Waals surface area contributed by atoms with Crippen molar-refractivity contribution in [2.24, 2.45) is 5.92 Å². The number of fused-ring (bicyclic) bond motifs is 1. The minimum atomic E-state index is -0.152. The van der Waals surface area contributed by atoms with E-state index in [4.69, 9.17) is 0 Å². The second-order valence-electron chi connectivity index (χ2n) is 6.93. The van der Waals surface area contributed by atoms with Gasteiger partial charge in [0.05, 0.1) is 0 Å². The Kier molecular flexibility index (Phi) is 4.60. The number of halogens is 1. The van der Waals surface area contributed by atoms with Crippen molar-refractivity contribution in [1.29, 1.82) is 0 Å². The summed E-state index contributed by atoms with van der Waals surface area (Å²) in [5.74, 6) is 0.355. The SMILES string of the molecule is CC(C)C(NC1CCN2CCCCC12)c1ccc(F)cc1. The van der Waals surface area contributed by atoms with Crippen LogP contribution in [-0.4, -0.2) is 30.1 Å². The van der Waals surface area contributed by atoms with E-state index in [1.54, 1.807) is 12.1 Å². The molecule has 1 aromatic rings. The Balaban J connectivity index is 1.72. The van der Waals surface area contributed by atoms with E-state index in [0.29, 0.717) is 24.0 Å². The van der Waals surface area contributed by atoms with Gasteiger partial charge in [-0.15, -0.1) is 0 Å². The molecule has 2 fully saturated rings. The lowest BCUT2D eigenvalue weighted by atomic mass is 9.92. The molecule has 3 unspecified atom stereocenters. The molecule has 0 saturated carbocycles. The van der Waals surface area contributed by atoms with Gasteiger partial charge in [-0.2, -0.15) is 0 Å². The van der Waals surface area contributed by atoms with E-state index in [1.165, 1.54) is 44.3 Å². The first-order valence-corrected chi connectivity index (χ1v) is 8.40. The van der Waals surface area contributed by atoms with Crippen LogP contribution >= 0.6 is 0 Å². The van der Waals surface area contributed by atoms with E-state index in [0.717, 1.165) is 0 Å². The van der Waals surface area contributed by atoms with Gasteiger partial charge in [0, 0.05) is 24.7 Å². The van der Waals surface area contributed by atoms with Gasteiger partial charge in [-0.3, -0.25) is 4.90 Å². The number of benzene rings is 1. The van der Waals surface area contributed by atoms with Crippen molar-refractivity contribution < 1.29 is 4.39 Å². The zero-order valence-corrected chi connectivity index (χ0v) is 13.2. The number of nitrogens with zero attached hydrogens (tertiary/aromatic N) is 1. The molecule has 0 spiro atoms. The molecule has 3 rings (SSSR count). The highest BCUT2D eigenvalue weighted by atomic mass is 19.1. The third kappa shape index (κ3) is 3.29. The van der Waals surface area contributed by atoms with Gasteiger partial charge in [0.15, 0.2) is 0 Å². The van der Waals surface area contributed by atoms with Crippen LogP contribution in [0.3, 0.4) is 0 Å². The van der Waals surface area contributed by atoms with E-state index in [9.17, 15) is 4.39 Å². The number of nitrogens with one attached hydrogen (secondary N) is 1. The Labute approximate surface area is 127 Å². The fourth-order valence-corrected chi connectivity index (χ4v) is 4.02. The first-order valence-electron chi connectivity index (χ1n) is 8.40. The van der Waals surface area contributed by atoms with Crippen molar-refractivity contribution in [3.05, 3.63) is 35.6 Å². The summed E-state index contributed by atoms with van der Waals surface area (Å²) >= 11 is 0. The van der Waals surface area contributed by atoms with Crippen LogP contribution in [0.25, 0.3) is 0 Å². The summed E-state index contributed by atoms with van der Waals surface area (Å²) in [6.45, 7) is 6.99. The smallest absolute Gasteiger partial charge is 0.123 e. The Hall–Kier alpha value is -0.930. The monoisotopic (exact) mass is 290 g/mol. The first-order chi connectivity index (χ1) is 10.1. The van der Waals surface area contributed by atoms with Gasteiger partial charge >= 0.3 is 0 Å². The van der Waals surface area contributed by atoms with Gasteiger partial charge < -0.3 is 5.32 Å². The highest BCUT2D eigenvalue weighted by Gasteiger charge is 2.36. The molecule has 0 bridgehead atoms. The molecule has 2 heterocycles. The van der Waals surface area contributed by atoms with Crippen LogP contribution in [0.4, 0.5) is 4.39 Å². The average Bonchev–Trinajstić information content (AvgIpc) is 2.89. The lowest BCUT2D eigenvalue weighted by Crippen LogP contribution is -2.46. The highest BCUT2D eigenvalue weighted by Crippen LogP contribution is 2.31. The van der Waals surface area contributed by atoms with Gasteiger partial charge in [-0.25, -0.2) is 4.39 Å². The van der Waals surface area contributed by atoms with Gasteiger partial charge in [0.25, 0.3) is 0 Å². The van der Waals surface area contributed by atoms with Gasteiger partial charge in [0.1, 0.15) is 5.82 Å². The Morgan fingerprint density at radius 3 is 2.57 bits per heavy atom. The molecule has 0 aliphatic carbocycles. The van der Waals surface area contributed by atoms with E-state index in [2.05, 4.69) is 24.1 Å². The van der Waals surface area contributed by atoms with Crippen LogP contribution in [-0.2, 0) is 0 Å². The fraction of sp³-hybridized carbons (Fsp3) is 0.667. The van der Waals surface area contributed by atoms with E-state index >= 15 is 0 Å². The summed E-state index contributed by atoms with van der Waals surface area (Å²) in [7, 11) is 0. The molecule has 116 valence electrons. The van der Waals surface area contributed by atoms with Gasteiger partial charge in [-0.05, 0) is 49.4 Å². The number of hydrogen-bond donors (Lipinski definition) is 1. The molecule has 3 heteroatoms. The summed E-state index contributed by atoms with van der Waals surface area (Å²) in [6.07, 6.45) is 5.29. The molecule has 2 nitrogen and oxygen atoms in total. The fourth-order valence-electron chi connectivity index (χ4n) is 4.02. The lowest BCUT2D eigenvalue weighted by Gasteiger charge is -2.35. The van der Waals surface area contributed by atoms with Crippen LogP contribution in [0, 0.1) is 11.7 Å². The van der Waals surface area contributed by atoms with Crippen LogP contribution in [0.5, 0.6) is 0 Å². The minimum Gasteiger partial charge on any atom is -0.305 e. The van der Waals surface area contributed by atoms with E-state index in [1.807, 2.05) is 12.1 Å². The largest absolute Gasteiger partial charge is 0.305 e. The Bertz CT molecular complexity index is 457. The van der Waals surface area contributed by atoms with Crippen molar-refractivity contribution >= 4 is 0 Å². The topological polar surface area (TPSA) is 15.3 Å². The molecule has 1 N–H and O–H groups in total. The number of piperidine rings is 1. The average molecular weight is 290 g/mol. The Morgan fingerprint density at radius 1 is 1.10 bits per heavy atom. The van der Waals surface area contributed by atoms with Gasteiger partial charge in [-0.1, -0.05) is 32.4 Å². The van der Waals surface area contributed by atoms with Crippen molar-refractivity contribution in [3.8, 4) is 0 Å². The standard InChI is InChI=1S/C18H27FN2/c1-13(2)18(14-6-8-15(19)9-7-14)20-16-10-12-21-11-4-3-5-17(16)21/h6-9,13,16-18,20H,3-5,10-12H2,1-2H3. The molecule has 1 aromatic carbocycles. The van der Waals surface area contributed by atoms with Crippen LogP contribution in [0.2, 0.25) is 0 Å². The summed E-state index contributed by atoms with van der Waals surface area (Å²) in [6, 6.07) is 8.63. The maximum absolute atomic E-state index is 13.2. The second-order valence-corrected chi connectivity index (χ2v) is 6.93. The Morgan fingerprint density at radius 2 is 1.86 bits per heavy atom. The lowest BCUT2D eigenvalue weighted by molar-refractivity contribution is 0.172. The normalized spacial score (nSPS) is 27.8. The number of rotatable bonds is 4. The summed E-state index contributed by atoms with van der Waals surface area (Å²) in [5.41, 5.74) is 1.21. The number of hydrogen-bond acceptors (Lipinski definition) is 2. The molecular formula is C18H27FN2. The van der Waals surface area contributed by atoms with Crippen molar-refractivity contribution in [2.45, 2.75) is 57.7 Å². The predicted molar refractivity (Wildman–Crippen MR) is 84.7 cm³/mol. The molecule has 0 amide bonds. The molecular weight excluding hydrogens is 263 g/mol. The molecule has 3 atom stereocenters. The molecule has 2 aliphatic rings. The van der Waals surface area contributed by atoms with Crippen LogP contribution in [0.15, 0.2) is 24.3 Å². The zero-order chi connectivity index (χ0) is 14.8. The third-order valence-corrected chi connectivity index (χ3v) is 5.15. The zero-order valence-electron chi connectivity index (χ0n) is 13.2. The molecule has 0 aromatic heterocycles. The van der Waals surface area contributed by atoms with Gasteiger partial charge in [0.2, 0.25) is 0 Å². The summed E-state index contributed by atoms with van der Waals surface area (Å²) in [5, 5.41) is 3.89. The second kappa shape index (κ2) is 6.45. The van der Waals surface area contributed by atoms with E-state index < -0.39 is 0 Å². The minimum absolute atomic E-state index is 0.152. The summed E-state index contributed by atoms with van der Waals surface area (Å²) in [4.78, 5) is 2.66. The first kappa shape index (κ1) is 15.0. The van der Waals surface area contributed by atoms with Crippen LogP contribution in [0.1, 0.15) is 51.1 Å².